The summed E-state index contributed by atoms with van der Waals surface area (Å²) in [6, 6.07) is 8.38. The van der Waals surface area contributed by atoms with Crippen LogP contribution < -0.4 is 4.90 Å². The Kier molecular flexibility index (Phi) is 5.36. The first-order valence-corrected chi connectivity index (χ1v) is 11.8. The van der Waals surface area contributed by atoms with E-state index < -0.39 is 0 Å². The SMILES string of the molecule is COC1CCCC(C(=O)N(C)c2ccc3cc(-c4n[nH]c5c4CCC(C)(C)C5)[nH]c3c2)C1. The van der Waals surface area contributed by atoms with Crippen LogP contribution in [0.2, 0.25) is 0 Å². The number of ether oxygens (including phenoxy) is 1. The summed E-state index contributed by atoms with van der Waals surface area (Å²) in [5, 5.41) is 9.07. The van der Waals surface area contributed by atoms with Crippen molar-refractivity contribution < 1.29 is 9.53 Å². The van der Waals surface area contributed by atoms with Gasteiger partial charge in [0.2, 0.25) is 5.91 Å². The number of aromatic nitrogens is 3. The van der Waals surface area contributed by atoms with E-state index in [0.717, 1.165) is 66.5 Å². The van der Waals surface area contributed by atoms with Gasteiger partial charge in [0.1, 0.15) is 5.69 Å². The summed E-state index contributed by atoms with van der Waals surface area (Å²) in [4.78, 5) is 18.5. The molecule has 1 fully saturated rings. The molecule has 170 valence electrons. The van der Waals surface area contributed by atoms with Crippen molar-refractivity contribution in [2.75, 3.05) is 19.1 Å². The van der Waals surface area contributed by atoms with Gasteiger partial charge in [0.15, 0.2) is 0 Å². The highest BCUT2D eigenvalue weighted by atomic mass is 16.5. The van der Waals surface area contributed by atoms with Crippen molar-refractivity contribution in [2.24, 2.45) is 11.3 Å². The second-order valence-corrected chi connectivity index (χ2v) is 10.4. The predicted molar refractivity (Wildman–Crippen MR) is 128 cm³/mol. The summed E-state index contributed by atoms with van der Waals surface area (Å²) in [5.74, 6) is 0.218. The number of nitrogens with one attached hydrogen (secondary N) is 2. The molecule has 1 aromatic carbocycles. The number of anilines is 1. The fourth-order valence-electron chi connectivity index (χ4n) is 5.51. The lowest BCUT2D eigenvalue weighted by Crippen LogP contribution is -2.37. The predicted octanol–water partition coefficient (Wildman–Crippen LogP) is 5.24. The number of hydrogen-bond donors (Lipinski definition) is 2. The Hall–Kier alpha value is -2.60. The third kappa shape index (κ3) is 3.85. The zero-order valence-electron chi connectivity index (χ0n) is 19.6. The van der Waals surface area contributed by atoms with Gasteiger partial charge in [-0.1, -0.05) is 26.3 Å². The van der Waals surface area contributed by atoms with Crippen molar-refractivity contribution >= 4 is 22.5 Å². The minimum Gasteiger partial charge on any atom is -0.381 e. The number of hydrogen-bond acceptors (Lipinski definition) is 3. The highest BCUT2D eigenvalue weighted by molar-refractivity contribution is 5.97. The lowest BCUT2D eigenvalue weighted by molar-refractivity contribution is -0.124. The first-order valence-electron chi connectivity index (χ1n) is 11.8. The van der Waals surface area contributed by atoms with Gasteiger partial charge in [-0.15, -0.1) is 0 Å². The van der Waals surface area contributed by atoms with E-state index in [9.17, 15) is 4.79 Å². The number of amides is 1. The molecule has 1 amide bonds. The molecule has 3 aromatic rings. The summed E-state index contributed by atoms with van der Waals surface area (Å²) in [6.45, 7) is 4.64. The average Bonchev–Trinajstić information content (AvgIpc) is 3.40. The van der Waals surface area contributed by atoms with Gasteiger partial charge < -0.3 is 14.6 Å². The van der Waals surface area contributed by atoms with Crippen molar-refractivity contribution in [3.05, 3.63) is 35.5 Å². The van der Waals surface area contributed by atoms with E-state index in [2.05, 4.69) is 47.2 Å². The molecule has 1 saturated carbocycles. The van der Waals surface area contributed by atoms with Gasteiger partial charge in [-0.3, -0.25) is 9.89 Å². The third-order valence-electron chi connectivity index (χ3n) is 7.55. The molecule has 6 nitrogen and oxygen atoms in total. The second kappa shape index (κ2) is 8.07. The molecule has 2 aliphatic rings. The van der Waals surface area contributed by atoms with Crippen LogP contribution in [0.4, 0.5) is 5.69 Å². The van der Waals surface area contributed by atoms with E-state index in [-0.39, 0.29) is 17.9 Å². The van der Waals surface area contributed by atoms with Crippen LogP contribution in [-0.4, -0.2) is 41.3 Å². The summed E-state index contributed by atoms with van der Waals surface area (Å²) >= 11 is 0. The van der Waals surface area contributed by atoms with Crippen molar-refractivity contribution in [2.45, 2.75) is 64.9 Å². The number of carbonyl (C=O) groups is 1. The Labute approximate surface area is 189 Å². The first-order chi connectivity index (χ1) is 15.3. The van der Waals surface area contributed by atoms with E-state index in [1.807, 2.05) is 13.1 Å². The molecule has 2 aromatic heterocycles. The maximum absolute atomic E-state index is 13.1. The monoisotopic (exact) mass is 434 g/mol. The number of aromatic amines is 2. The highest BCUT2D eigenvalue weighted by Crippen LogP contribution is 2.38. The van der Waals surface area contributed by atoms with Crippen molar-refractivity contribution in [1.82, 2.24) is 15.2 Å². The third-order valence-corrected chi connectivity index (χ3v) is 7.55. The largest absolute Gasteiger partial charge is 0.381 e. The van der Waals surface area contributed by atoms with Crippen LogP contribution in [0.5, 0.6) is 0 Å². The molecular formula is C26H34N4O2. The quantitative estimate of drug-likeness (QED) is 0.590. The topological polar surface area (TPSA) is 74.0 Å². The molecule has 32 heavy (non-hydrogen) atoms. The smallest absolute Gasteiger partial charge is 0.229 e. The van der Waals surface area contributed by atoms with Gasteiger partial charge in [0, 0.05) is 47.9 Å². The molecule has 2 N–H and O–H groups in total. The summed E-state index contributed by atoms with van der Waals surface area (Å²) < 4.78 is 5.52. The van der Waals surface area contributed by atoms with Crippen LogP contribution in [-0.2, 0) is 22.4 Å². The fraction of sp³-hybridized carbons (Fsp3) is 0.538. The summed E-state index contributed by atoms with van der Waals surface area (Å²) in [6.07, 6.45) is 7.32. The van der Waals surface area contributed by atoms with E-state index >= 15 is 0 Å². The fourth-order valence-corrected chi connectivity index (χ4v) is 5.51. The minimum atomic E-state index is 0.0356. The molecule has 0 aliphatic heterocycles. The minimum absolute atomic E-state index is 0.0356. The van der Waals surface area contributed by atoms with Crippen LogP contribution in [0, 0.1) is 11.3 Å². The van der Waals surface area contributed by atoms with Crippen molar-refractivity contribution in [3.63, 3.8) is 0 Å². The number of rotatable bonds is 4. The molecule has 2 aliphatic carbocycles. The zero-order chi connectivity index (χ0) is 22.5. The molecule has 0 bridgehead atoms. The molecule has 0 saturated heterocycles. The normalized spacial score (nSPS) is 22.6. The molecule has 5 rings (SSSR count). The van der Waals surface area contributed by atoms with Crippen molar-refractivity contribution in [3.8, 4) is 11.4 Å². The standard InChI is InChI=1S/C26H34N4O2/c1-26(2)11-10-20-23(15-26)28-29-24(20)22-13-16-8-9-18(14-21(16)27-22)30(3)25(31)17-6-5-7-19(12-17)32-4/h8-9,13-14,17,19,27H,5-7,10-12,15H2,1-4H3,(H,28,29). The van der Waals surface area contributed by atoms with Gasteiger partial charge in [-0.05, 0) is 62.1 Å². The second-order valence-electron chi connectivity index (χ2n) is 10.4. The first kappa shape index (κ1) is 21.3. The van der Waals surface area contributed by atoms with Crippen LogP contribution in [0.15, 0.2) is 24.3 Å². The molecule has 2 atom stereocenters. The Morgan fingerprint density at radius 3 is 2.91 bits per heavy atom. The molecular weight excluding hydrogens is 400 g/mol. The number of nitrogens with zero attached hydrogens (tertiary/aromatic N) is 2. The molecule has 0 spiro atoms. The summed E-state index contributed by atoms with van der Waals surface area (Å²) in [5.41, 5.74) is 6.95. The Balaban J connectivity index is 1.39. The van der Waals surface area contributed by atoms with Gasteiger partial charge in [0.25, 0.3) is 0 Å². The molecule has 2 heterocycles. The summed E-state index contributed by atoms with van der Waals surface area (Å²) in [7, 11) is 3.63. The van der Waals surface area contributed by atoms with E-state index in [1.54, 1.807) is 12.0 Å². The van der Waals surface area contributed by atoms with Gasteiger partial charge in [-0.2, -0.15) is 5.10 Å². The van der Waals surface area contributed by atoms with Crippen LogP contribution in [0.1, 0.15) is 57.2 Å². The molecule has 6 heteroatoms. The zero-order valence-corrected chi connectivity index (χ0v) is 19.6. The van der Waals surface area contributed by atoms with Gasteiger partial charge in [-0.25, -0.2) is 0 Å². The Morgan fingerprint density at radius 1 is 1.25 bits per heavy atom. The highest BCUT2D eigenvalue weighted by Gasteiger charge is 2.31. The Morgan fingerprint density at radius 2 is 2.09 bits per heavy atom. The average molecular weight is 435 g/mol. The van der Waals surface area contributed by atoms with Crippen LogP contribution in [0.3, 0.4) is 0 Å². The van der Waals surface area contributed by atoms with Gasteiger partial charge in [0.05, 0.1) is 11.8 Å². The number of carbonyl (C=O) groups excluding carboxylic acids is 1. The van der Waals surface area contributed by atoms with Crippen LogP contribution >= 0.6 is 0 Å². The number of methoxy groups -OCH3 is 1. The maximum atomic E-state index is 13.1. The maximum Gasteiger partial charge on any atom is 0.229 e. The van der Waals surface area contributed by atoms with E-state index in [0.29, 0.717) is 5.41 Å². The number of H-pyrrole nitrogens is 2. The van der Waals surface area contributed by atoms with Crippen molar-refractivity contribution in [1.29, 1.82) is 0 Å². The van der Waals surface area contributed by atoms with E-state index in [1.165, 1.54) is 17.7 Å². The Bertz CT molecular complexity index is 1140. The van der Waals surface area contributed by atoms with E-state index in [4.69, 9.17) is 4.74 Å². The molecule has 2 unspecified atom stereocenters. The molecule has 0 radical (unpaired) electrons. The van der Waals surface area contributed by atoms with Crippen LogP contribution in [0.25, 0.3) is 22.3 Å². The number of benzene rings is 1. The lowest BCUT2D eigenvalue weighted by atomic mass is 9.76. The lowest BCUT2D eigenvalue weighted by Gasteiger charge is -2.30. The van der Waals surface area contributed by atoms with Gasteiger partial charge >= 0.3 is 0 Å². The number of fused-ring (bicyclic) bond motifs is 2.